The van der Waals surface area contributed by atoms with Crippen LogP contribution in [0.4, 0.5) is 0 Å². The highest BCUT2D eigenvalue weighted by Crippen LogP contribution is 2.21. The standard InChI is InChI=1S/C13H17ClN2O3S/c1-20(18,19)13-3-2-10(14)8-11(13)12(17)9-16-6-4-15-5-7-16/h2-3,8,15H,4-7,9H2,1H3. The second-order valence-electron chi connectivity index (χ2n) is 4.86. The van der Waals surface area contributed by atoms with Crippen molar-refractivity contribution < 1.29 is 13.2 Å². The molecule has 1 saturated heterocycles. The van der Waals surface area contributed by atoms with Crippen molar-refractivity contribution in [2.75, 3.05) is 39.0 Å². The third-order valence-electron chi connectivity index (χ3n) is 3.22. The third-order valence-corrected chi connectivity index (χ3v) is 4.61. The van der Waals surface area contributed by atoms with Gasteiger partial charge in [0.25, 0.3) is 0 Å². The van der Waals surface area contributed by atoms with Crippen LogP contribution in [0.1, 0.15) is 10.4 Å². The summed E-state index contributed by atoms with van der Waals surface area (Å²) in [6.45, 7) is 3.44. The largest absolute Gasteiger partial charge is 0.314 e. The lowest BCUT2D eigenvalue weighted by atomic mass is 10.1. The highest BCUT2D eigenvalue weighted by Gasteiger charge is 2.21. The SMILES string of the molecule is CS(=O)(=O)c1ccc(Cl)cc1C(=O)CN1CCNCC1. The minimum atomic E-state index is -3.45. The van der Waals surface area contributed by atoms with E-state index in [-0.39, 0.29) is 22.8 Å². The molecule has 7 heteroatoms. The number of hydrogen-bond donors (Lipinski definition) is 1. The van der Waals surface area contributed by atoms with Crippen molar-refractivity contribution in [3.8, 4) is 0 Å². The number of benzene rings is 1. The Morgan fingerprint density at radius 2 is 2.00 bits per heavy atom. The van der Waals surface area contributed by atoms with Crippen molar-refractivity contribution in [1.29, 1.82) is 0 Å². The summed E-state index contributed by atoms with van der Waals surface area (Å²) in [4.78, 5) is 14.4. The number of sulfone groups is 1. The number of piperazine rings is 1. The summed E-state index contributed by atoms with van der Waals surface area (Å²) in [5, 5.41) is 3.56. The van der Waals surface area contributed by atoms with Gasteiger partial charge in [0.2, 0.25) is 0 Å². The highest BCUT2D eigenvalue weighted by molar-refractivity contribution is 7.90. The average molecular weight is 317 g/mol. The molecule has 0 unspecified atom stereocenters. The van der Waals surface area contributed by atoms with Crippen LogP contribution in [-0.2, 0) is 9.84 Å². The van der Waals surface area contributed by atoms with Crippen LogP contribution in [0, 0.1) is 0 Å². The Morgan fingerprint density at radius 1 is 1.35 bits per heavy atom. The number of carbonyl (C=O) groups excluding carboxylic acids is 1. The van der Waals surface area contributed by atoms with Gasteiger partial charge in [0.05, 0.1) is 11.4 Å². The van der Waals surface area contributed by atoms with Gasteiger partial charge in [-0.15, -0.1) is 0 Å². The van der Waals surface area contributed by atoms with Crippen LogP contribution in [0.25, 0.3) is 0 Å². The monoisotopic (exact) mass is 316 g/mol. The number of carbonyl (C=O) groups is 1. The van der Waals surface area contributed by atoms with Crippen LogP contribution in [-0.4, -0.2) is 58.1 Å². The molecule has 0 atom stereocenters. The fourth-order valence-corrected chi connectivity index (χ4v) is 3.26. The first-order valence-corrected chi connectivity index (χ1v) is 8.61. The molecule has 1 aliphatic rings. The van der Waals surface area contributed by atoms with Gasteiger partial charge in [-0.3, -0.25) is 9.69 Å². The molecule has 1 aromatic rings. The Hall–Kier alpha value is -0.950. The second kappa shape index (κ2) is 6.22. The number of nitrogens with one attached hydrogen (secondary N) is 1. The van der Waals surface area contributed by atoms with Crippen molar-refractivity contribution in [2.45, 2.75) is 4.90 Å². The van der Waals surface area contributed by atoms with E-state index in [1.807, 2.05) is 4.90 Å². The molecule has 0 spiro atoms. The highest BCUT2D eigenvalue weighted by atomic mass is 35.5. The van der Waals surface area contributed by atoms with Gasteiger partial charge in [-0.1, -0.05) is 11.6 Å². The molecule has 110 valence electrons. The van der Waals surface area contributed by atoms with Gasteiger partial charge in [0, 0.05) is 43.0 Å². The van der Waals surface area contributed by atoms with E-state index in [4.69, 9.17) is 11.6 Å². The summed E-state index contributed by atoms with van der Waals surface area (Å²) in [7, 11) is -3.45. The molecule has 0 aliphatic carbocycles. The van der Waals surface area contributed by atoms with E-state index < -0.39 is 9.84 Å². The minimum Gasteiger partial charge on any atom is -0.314 e. The first-order valence-electron chi connectivity index (χ1n) is 6.34. The molecule has 0 aromatic heterocycles. The molecule has 0 amide bonds. The summed E-state index contributed by atoms with van der Waals surface area (Å²) in [5.41, 5.74) is 0.179. The number of halogens is 1. The Labute approximate surface area is 123 Å². The topological polar surface area (TPSA) is 66.5 Å². The van der Waals surface area contributed by atoms with Crippen LogP contribution in [0.3, 0.4) is 0 Å². The molecule has 5 nitrogen and oxygen atoms in total. The lowest BCUT2D eigenvalue weighted by Gasteiger charge is -2.26. The van der Waals surface area contributed by atoms with Gasteiger partial charge >= 0.3 is 0 Å². The predicted molar refractivity (Wildman–Crippen MR) is 78.2 cm³/mol. The van der Waals surface area contributed by atoms with Crippen LogP contribution in [0.15, 0.2) is 23.1 Å². The van der Waals surface area contributed by atoms with Crippen molar-refractivity contribution in [1.82, 2.24) is 10.2 Å². The molecular formula is C13H17ClN2O3S. The Kier molecular flexibility index (Phi) is 4.80. The lowest BCUT2D eigenvalue weighted by molar-refractivity contribution is 0.0918. The smallest absolute Gasteiger partial charge is 0.178 e. The summed E-state index contributed by atoms with van der Waals surface area (Å²) < 4.78 is 23.5. The van der Waals surface area contributed by atoms with E-state index in [0.717, 1.165) is 32.4 Å². The zero-order valence-electron chi connectivity index (χ0n) is 11.2. The van der Waals surface area contributed by atoms with E-state index in [0.29, 0.717) is 5.02 Å². The molecule has 0 radical (unpaired) electrons. The number of hydrogen-bond acceptors (Lipinski definition) is 5. The van der Waals surface area contributed by atoms with Gasteiger partial charge in [-0.25, -0.2) is 8.42 Å². The van der Waals surface area contributed by atoms with Gasteiger partial charge in [0.15, 0.2) is 15.6 Å². The molecule has 1 heterocycles. The quantitative estimate of drug-likeness (QED) is 0.834. The molecule has 1 fully saturated rings. The maximum atomic E-state index is 12.3. The molecule has 20 heavy (non-hydrogen) atoms. The number of rotatable bonds is 4. The average Bonchev–Trinajstić information content (AvgIpc) is 2.38. The number of nitrogens with zero attached hydrogens (tertiary/aromatic N) is 1. The summed E-state index contributed by atoms with van der Waals surface area (Å²) in [6, 6.07) is 4.31. The van der Waals surface area contributed by atoms with Crippen molar-refractivity contribution >= 4 is 27.2 Å². The molecule has 0 bridgehead atoms. The van der Waals surface area contributed by atoms with Gasteiger partial charge in [-0.2, -0.15) is 0 Å². The fraction of sp³-hybridized carbons (Fsp3) is 0.462. The van der Waals surface area contributed by atoms with Crippen LogP contribution in [0.2, 0.25) is 5.02 Å². The Morgan fingerprint density at radius 3 is 2.60 bits per heavy atom. The lowest BCUT2D eigenvalue weighted by Crippen LogP contribution is -2.45. The number of Topliss-reactive ketones (excluding diaryl/α,β-unsaturated/α-hetero) is 1. The molecule has 1 N–H and O–H groups in total. The first-order chi connectivity index (χ1) is 9.38. The molecule has 2 rings (SSSR count). The maximum Gasteiger partial charge on any atom is 0.178 e. The summed E-state index contributed by atoms with van der Waals surface area (Å²) in [6.07, 6.45) is 1.10. The van der Waals surface area contributed by atoms with E-state index in [2.05, 4.69) is 5.32 Å². The summed E-state index contributed by atoms with van der Waals surface area (Å²) >= 11 is 5.88. The van der Waals surface area contributed by atoms with Crippen molar-refractivity contribution in [3.05, 3.63) is 28.8 Å². The molecule has 1 aromatic carbocycles. The zero-order chi connectivity index (χ0) is 14.8. The zero-order valence-corrected chi connectivity index (χ0v) is 12.8. The fourth-order valence-electron chi connectivity index (χ4n) is 2.20. The van der Waals surface area contributed by atoms with Crippen LogP contribution in [0.5, 0.6) is 0 Å². The molecule has 1 aliphatic heterocycles. The van der Waals surface area contributed by atoms with E-state index >= 15 is 0 Å². The predicted octanol–water partition coefficient (Wildman–Crippen LogP) is 0.831. The first kappa shape index (κ1) is 15.4. The van der Waals surface area contributed by atoms with E-state index in [9.17, 15) is 13.2 Å². The molecular weight excluding hydrogens is 300 g/mol. The van der Waals surface area contributed by atoms with Crippen LogP contribution >= 0.6 is 11.6 Å². The minimum absolute atomic E-state index is 0.0436. The van der Waals surface area contributed by atoms with E-state index in [1.54, 1.807) is 0 Å². The van der Waals surface area contributed by atoms with Gasteiger partial charge in [-0.05, 0) is 18.2 Å². The maximum absolute atomic E-state index is 12.3. The van der Waals surface area contributed by atoms with Gasteiger partial charge in [0.1, 0.15) is 0 Å². The summed E-state index contributed by atoms with van der Waals surface area (Å²) in [5.74, 6) is -0.213. The second-order valence-corrected chi connectivity index (χ2v) is 7.28. The van der Waals surface area contributed by atoms with Gasteiger partial charge < -0.3 is 5.32 Å². The van der Waals surface area contributed by atoms with Crippen molar-refractivity contribution in [3.63, 3.8) is 0 Å². The van der Waals surface area contributed by atoms with Crippen LogP contribution < -0.4 is 5.32 Å². The Bertz CT molecular complexity index is 610. The molecule has 0 saturated carbocycles. The van der Waals surface area contributed by atoms with E-state index in [1.165, 1.54) is 18.2 Å². The normalized spacial score (nSPS) is 17.1. The third kappa shape index (κ3) is 3.79. The van der Waals surface area contributed by atoms with Crippen molar-refractivity contribution in [2.24, 2.45) is 0 Å². The number of ketones is 1. The Balaban J connectivity index is 2.26.